The molecule has 0 bridgehead atoms. The summed E-state index contributed by atoms with van der Waals surface area (Å²) in [4.78, 5) is 0. The normalized spacial score (nSPS) is 20.5. The van der Waals surface area contributed by atoms with Crippen LogP contribution >= 0.6 is 0 Å². The molecule has 17 heavy (non-hydrogen) atoms. The van der Waals surface area contributed by atoms with E-state index >= 15 is 0 Å². The summed E-state index contributed by atoms with van der Waals surface area (Å²) in [7, 11) is 0. The van der Waals surface area contributed by atoms with Gasteiger partial charge in [0.2, 0.25) is 0 Å². The average Bonchev–Trinajstić information content (AvgIpc) is 2.89. The van der Waals surface area contributed by atoms with Gasteiger partial charge in [-0.3, -0.25) is 0 Å². The molecule has 0 unspecified atom stereocenters. The second-order valence-electron chi connectivity index (χ2n) is 5.67. The standard InChI is InChI=1S/C16H23N/c1-2-5-13(4-1)8-9-14-6-3-7-15-12-17-11-10-16(14)15/h3,6-7,13,17H,1-2,4-5,8-12H2. The van der Waals surface area contributed by atoms with Crippen molar-refractivity contribution in [3.8, 4) is 0 Å². The Labute approximate surface area is 105 Å². The zero-order valence-electron chi connectivity index (χ0n) is 10.7. The molecule has 1 heterocycles. The lowest BCUT2D eigenvalue weighted by Gasteiger charge is -2.21. The molecule has 1 fully saturated rings. The average molecular weight is 229 g/mol. The summed E-state index contributed by atoms with van der Waals surface area (Å²) in [6.45, 7) is 2.24. The van der Waals surface area contributed by atoms with Gasteiger partial charge in [0, 0.05) is 6.54 Å². The fourth-order valence-electron chi connectivity index (χ4n) is 3.50. The number of nitrogens with one attached hydrogen (secondary N) is 1. The molecule has 1 aliphatic heterocycles. The van der Waals surface area contributed by atoms with Crippen LogP contribution in [0.4, 0.5) is 0 Å². The maximum absolute atomic E-state index is 3.47. The lowest BCUT2D eigenvalue weighted by Crippen LogP contribution is -2.24. The Morgan fingerprint density at radius 1 is 1.18 bits per heavy atom. The molecule has 0 amide bonds. The fourth-order valence-corrected chi connectivity index (χ4v) is 3.50. The zero-order chi connectivity index (χ0) is 11.5. The highest BCUT2D eigenvalue weighted by atomic mass is 14.9. The minimum absolute atomic E-state index is 1.02. The minimum Gasteiger partial charge on any atom is -0.312 e. The van der Waals surface area contributed by atoms with Crippen LogP contribution < -0.4 is 5.32 Å². The van der Waals surface area contributed by atoms with Gasteiger partial charge in [-0.25, -0.2) is 0 Å². The Balaban J connectivity index is 1.69. The predicted octanol–water partition coefficient (Wildman–Crippen LogP) is 3.46. The fraction of sp³-hybridized carbons (Fsp3) is 0.625. The van der Waals surface area contributed by atoms with E-state index in [1.54, 1.807) is 16.7 Å². The lowest BCUT2D eigenvalue weighted by molar-refractivity contribution is 0.501. The number of rotatable bonds is 3. The van der Waals surface area contributed by atoms with Crippen LogP contribution in [0.2, 0.25) is 0 Å². The topological polar surface area (TPSA) is 12.0 Å². The second kappa shape index (κ2) is 5.22. The van der Waals surface area contributed by atoms with E-state index in [1.165, 1.54) is 44.9 Å². The first kappa shape index (κ1) is 11.3. The van der Waals surface area contributed by atoms with E-state index in [0.717, 1.165) is 19.0 Å². The molecular formula is C16H23N. The van der Waals surface area contributed by atoms with Gasteiger partial charge in [0.05, 0.1) is 0 Å². The van der Waals surface area contributed by atoms with Gasteiger partial charge in [-0.05, 0) is 48.4 Å². The third-order valence-corrected chi connectivity index (χ3v) is 4.53. The number of hydrogen-bond donors (Lipinski definition) is 1. The van der Waals surface area contributed by atoms with Gasteiger partial charge in [0.15, 0.2) is 0 Å². The summed E-state index contributed by atoms with van der Waals surface area (Å²) in [6.07, 6.45) is 9.88. The van der Waals surface area contributed by atoms with Crippen molar-refractivity contribution in [1.29, 1.82) is 0 Å². The molecule has 1 nitrogen and oxygen atoms in total. The van der Waals surface area contributed by atoms with Gasteiger partial charge >= 0.3 is 0 Å². The van der Waals surface area contributed by atoms with Gasteiger partial charge in [0.1, 0.15) is 0 Å². The SMILES string of the molecule is c1cc(CCC2CCCC2)c2c(c1)CNCC2. The summed E-state index contributed by atoms with van der Waals surface area (Å²) in [5.74, 6) is 1.02. The molecule has 1 aromatic rings. The van der Waals surface area contributed by atoms with Crippen molar-refractivity contribution in [2.45, 2.75) is 51.5 Å². The Hall–Kier alpha value is -0.820. The molecule has 0 aromatic heterocycles. The van der Waals surface area contributed by atoms with E-state index in [1.807, 2.05) is 0 Å². The summed E-state index contributed by atoms with van der Waals surface area (Å²) in [6, 6.07) is 6.90. The molecule has 0 atom stereocenters. The Bertz CT molecular complexity index is 377. The van der Waals surface area contributed by atoms with Crippen LogP contribution in [0, 0.1) is 5.92 Å². The Kier molecular flexibility index (Phi) is 3.46. The number of benzene rings is 1. The minimum atomic E-state index is 1.02. The molecule has 0 saturated heterocycles. The molecule has 0 radical (unpaired) electrons. The van der Waals surface area contributed by atoms with Crippen LogP contribution in [0.1, 0.15) is 48.8 Å². The third kappa shape index (κ3) is 2.55. The largest absolute Gasteiger partial charge is 0.312 e. The maximum atomic E-state index is 3.47. The van der Waals surface area contributed by atoms with Gasteiger partial charge in [0.25, 0.3) is 0 Å². The molecule has 1 N–H and O–H groups in total. The Morgan fingerprint density at radius 2 is 2.06 bits per heavy atom. The summed E-state index contributed by atoms with van der Waals surface area (Å²) in [5.41, 5.74) is 4.83. The molecule has 1 aromatic carbocycles. The van der Waals surface area contributed by atoms with Gasteiger partial charge in [-0.15, -0.1) is 0 Å². The summed E-state index contributed by atoms with van der Waals surface area (Å²) < 4.78 is 0. The first-order valence-electron chi connectivity index (χ1n) is 7.24. The Morgan fingerprint density at radius 3 is 2.94 bits per heavy atom. The van der Waals surface area contributed by atoms with E-state index < -0.39 is 0 Å². The van der Waals surface area contributed by atoms with E-state index in [4.69, 9.17) is 0 Å². The van der Waals surface area contributed by atoms with Crippen LogP contribution in [-0.4, -0.2) is 6.54 Å². The number of aryl methyl sites for hydroxylation is 1. The highest BCUT2D eigenvalue weighted by molar-refractivity contribution is 5.37. The van der Waals surface area contributed by atoms with E-state index in [-0.39, 0.29) is 0 Å². The third-order valence-electron chi connectivity index (χ3n) is 4.53. The van der Waals surface area contributed by atoms with E-state index in [2.05, 4.69) is 23.5 Å². The predicted molar refractivity (Wildman–Crippen MR) is 72.1 cm³/mol. The summed E-state index contributed by atoms with van der Waals surface area (Å²) in [5, 5.41) is 3.47. The number of fused-ring (bicyclic) bond motifs is 1. The summed E-state index contributed by atoms with van der Waals surface area (Å²) >= 11 is 0. The highest BCUT2D eigenvalue weighted by Crippen LogP contribution is 2.30. The van der Waals surface area contributed by atoms with Crippen LogP contribution in [0.25, 0.3) is 0 Å². The van der Waals surface area contributed by atoms with Crippen molar-refractivity contribution >= 4 is 0 Å². The van der Waals surface area contributed by atoms with Crippen LogP contribution in [0.15, 0.2) is 18.2 Å². The van der Waals surface area contributed by atoms with Gasteiger partial charge in [-0.1, -0.05) is 43.9 Å². The van der Waals surface area contributed by atoms with E-state index in [9.17, 15) is 0 Å². The van der Waals surface area contributed by atoms with Crippen molar-refractivity contribution in [1.82, 2.24) is 5.32 Å². The van der Waals surface area contributed by atoms with Crippen LogP contribution in [-0.2, 0) is 19.4 Å². The van der Waals surface area contributed by atoms with Crippen molar-refractivity contribution in [2.75, 3.05) is 6.54 Å². The molecule has 2 aliphatic rings. The quantitative estimate of drug-likeness (QED) is 0.837. The van der Waals surface area contributed by atoms with Gasteiger partial charge in [-0.2, -0.15) is 0 Å². The van der Waals surface area contributed by atoms with Crippen LogP contribution in [0.3, 0.4) is 0 Å². The smallest absolute Gasteiger partial charge is 0.0208 e. The highest BCUT2D eigenvalue weighted by Gasteiger charge is 2.17. The molecule has 3 rings (SSSR count). The van der Waals surface area contributed by atoms with Crippen molar-refractivity contribution < 1.29 is 0 Å². The van der Waals surface area contributed by atoms with Crippen LogP contribution in [0.5, 0.6) is 0 Å². The molecule has 1 saturated carbocycles. The monoisotopic (exact) mass is 229 g/mol. The van der Waals surface area contributed by atoms with Crippen molar-refractivity contribution in [2.24, 2.45) is 5.92 Å². The van der Waals surface area contributed by atoms with E-state index in [0.29, 0.717) is 0 Å². The molecular weight excluding hydrogens is 206 g/mol. The molecule has 1 aliphatic carbocycles. The first-order chi connectivity index (χ1) is 8.43. The maximum Gasteiger partial charge on any atom is 0.0208 e. The van der Waals surface area contributed by atoms with Crippen molar-refractivity contribution in [3.63, 3.8) is 0 Å². The second-order valence-corrected chi connectivity index (χ2v) is 5.67. The first-order valence-corrected chi connectivity index (χ1v) is 7.24. The van der Waals surface area contributed by atoms with Crippen molar-refractivity contribution in [3.05, 3.63) is 34.9 Å². The molecule has 0 spiro atoms. The zero-order valence-corrected chi connectivity index (χ0v) is 10.7. The lowest BCUT2D eigenvalue weighted by atomic mass is 9.90. The molecule has 1 heteroatoms. The molecule has 92 valence electrons. The number of hydrogen-bond acceptors (Lipinski definition) is 1. The van der Waals surface area contributed by atoms with Gasteiger partial charge < -0.3 is 5.32 Å².